The first-order valence-corrected chi connectivity index (χ1v) is 49.4. The van der Waals surface area contributed by atoms with Crippen molar-refractivity contribution >= 4 is 159 Å². The summed E-state index contributed by atoms with van der Waals surface area (Å²) in [5.74, 6) is -10.4. The first-order chi connectivity index (χ1) is 63.8. The number of para-hydroxylation sites is 2. The fourth-order valence-corrected chi connectivity index (χ4v) is 20.4. The molecule has 6 heterocycles. The van der Waals surface area contributed by atoms with Crippen molar-refractivity contribution in [3.8, 4) is 11.5 Å². The smallest absolute Gasteiger partial charge is 0.409 e. The zero-order valence-corrected chi connectivity index (χ0v) is 80.2. The van der Waals surface area contributed by atoms with E-state index in [1.807, 2.05) is 43.3 Å². The van der Waals surface area contributed by atoms with Gasteiger partial charge in [0.25, 0.3) is 0 Å². The average molecular weight is 1950 g/mol. The monoisotopic (exact) mass is 1950 g/mol. The molecule has 0 aliphatic carbocycles. The number of aliphatic hydroxyl groups excluding tert-OH is 2. The number of aliphatic hydroxyl groups is 3. The van der Waals surface area contributed by atoms with Gasteiger partial charge in [-0.3, -0.25) is 58.1 Å². The highest BCUT2D eigenvalue weighted by molar-refractivity contribution is 8.77. The molecule has 134 heavy (non-hydrogen) atoms. The normalized spacial score (nSPS) is 25.4. The Bertz CT molecular complexity index is 5240. The largest absolute Gasteiger partial charge is 0.508 e. The van der Waals surface area contributed by atoms with Gasteiger partial charge in [0.1, 0.15) is 88.8 Å². The number of aromatic hydroxyl groups is 1. The summed E-state index contributed by atoms with van der Waals surface area (Å²) in [4.78, 5) is 195. The molecule has 0 unspecified atom stereocenters. The highest BCUT2D eigenvalue weighted by Gasteiger charge is 2.65. The standard InChI is InChI=1S/C91H121ClN16O22S4/c1-48-18-17-24-71(127-10)91(125)43-70(128-89(124)106-91)49(2)79-90(6,130-79)72(42-75(114)108(8)68-38-54(36-48)39-69(126-9)76(68)92)129-88(123)50(3)107(7)74(113)30-35-132-131-34-29-73(112)95-32-33-96-86(121)77(51(4)109)104-85(120)67-47-134-133-46-66(102-80(115)60(94)40-55-44-97-61-21-13-11-19-58(55)61)84(119)100-64(37-53-25-27-57(111)28-26-53)82(117)101-65(41-56-45-98-62-22-14-12-20-59(56)62)83(118)99-63(23-15-16-31-93)81(116)105-78(52(5)110)87(122)103-67/h11-14,17-22,24-28,38-39,44-45,49-52,60,63-67,70-72,77-79,97-98,109-111,125H,15-16,23,29-37,40-43,46-47,93-94H2,1-10H3,(H,95,112)(H,96,121)(H,99,118)(H,100,119)(H,101,117)(H,102,115)(H,103,122)(H,104,120)(H,105,116)(H,106,124)/b24-17+,48-18+/t49-,50+,51-,52-,60-,63+,64+,65-,66+,67+,70+,71-,72+,77+,78+,79+,90+,91+/m1/s1. The Kier molecular flexibility index (Phi) is 38.7. The number of H-pyrrole nitrogens is 2. The fraction of sp³-hybridized carbons (Fsp3) is 0.505. The van der Waals surface area contributed by atoms with Gasteiger partial charge in [0.2, 0.25) is 65.0 Å². The molecule has 0 spiro atoms. The molecule has 4 aliphatic rings. The molecule has 728 valence electrons. The van der Waals surface area contributed by atoms with Crippen molar-refractivity contribution in [3.05, 3.63) is 148 Å². The number of benzene rings is 4. The Morgan fingerprint density at radius 1 is 0.776 bits per heavy atom. The highest BCUT2D eigenvalue weighted by Crippen LogP contribution is 2.50. The van der Waals surface area contributed by atoms with E-state index >= 15 is 14.4 Å². The van der Waals surface area contributed by atoms with Crippen LogP contribution in [0.5, 0.6) is 11.5 Å². The van der Waals surface area contributed by atoms with E-state index < -0.39 is 197 Å². The van der Waals surface area contributed by atoms with E-state index in [9.17, 15) is 68.4 Å². The number of hydrogen-bond acceptors (Lipinski definition) is 28. The minimum absolute atomic E-state index is 0.00860. The quantitative estimate of drug-likeness (QED) is 0.0125. The van der Waals surface area contributed by atoms with E-state index in [4.69, 9.17) is 46.8 Å². The first-order valence-electron chi connectivity index (χ1n) is 44.0. The number of alkyl carbamates (subject to hydrolysis) is 1. The predicted octanol–water partition coefficient (Wildman–Crippen LogP) is 3.31. The fourth-order valence-electron chi connectivity index (χ4n) is 15.8. The van der Waals surface area contributed by atoms with Gasteiger partial charge in [-0.25, -0.2) is 9.59 Å². The number of nitrogens with one attached hydrogen (secondary N) is 12. The number of aromatic nitrogens is 2. The van der Waals surface area contributed by atoms with Crippen LogP contribution < -0.4 is 74.3 Å². The third-order valence-corrected chi connectivity index (χ3v) is 29.1. The van der Waals surface area contributed by atoms with E-state index in [-0.39, 0.29) is 99.0 Å². The minimum Gasteiger partial charge on any atom is -0.508 e. The van der Waals surface area contributed by atoms with E-state index in [1.165, 1.54) is 105 Å². The highest BCUT2D eigenvalue weighted by atomic mass is 35.5. The third-order valence-electron chi connectivity index (χ3n) is 23.9. The Balaban J connectivity index is 0.764. The number of nitrogens with zero attached hydrogens (tertiary/aromatic N) is 2. The zero-order chi connectivity index (χ0) is 97.4. The number of fused-ring (bicyclic) bond motifs is 7. The number of phenols is 1. The molecule has 20 N–H and O–H groups in total. The summed E-state index contributed by atoms with van der Waals surface area (Å²) in [6.45, 7) is 9.01. The van der Waals surface area contributed by atoms with Gasteiger partial charge in [0.05, 0.1) is 43.6 Å². The molecule has 18 atom stereocenters. The lowest BCUT2D eigenvalue weighted by atomic mass is 9.83. The molecule has 38 nitrogen and oxygen atoms in total. The summed E-state index contributed by atoms with van der Waals surface area (Å²) in [7, 11) is 10.2. The number of allylic oxidation sites excluding steroid dienone is 3. The third kappa shape index (κ3) is 28.5. The van der Waals surface area contributed by atoms with Crippen LogP contribution in [-0.4, -0.2) is 286 Å². The Morgan fingerprint density at radius 2 is 1.40 bits per heavy atom. The molecule has 0 radical (unpaired) electrons. The van der Waals surface area contributed by atoms with Gasteiger partial charge in [0.15, 0.2) is 5.72 Å². The SMILES string of the molecule is COc1cc2cc(c1Cl)N(C)C(=O)C[C@H](OC(=O)[C@H](C)N(C)C(=O)CCSSCCC(=O)NCCNC(=O)[C@@H](NC(=O)[C@@H]1CSSC[C@H](NC(=O)[C@H](N)Cc3c[nH]c4ccccc34)C(=O)N[C@@H](Cc3ccc(O)cc3)C(=O)N[C@H](Cc3c[nH]c4ccccc34)C(=O)N[C@@H](CCCCN)C(=O)N[C@@H]([C@@H](C)O)C(=O)N1)[C@@H](C)O)[C@]1(C)O[C@H]1[C@H](C)[C@@H]1C[C@@](O)(NC(=O)O1)[C@H](OC)/C=C/C=C(\C)C2. The van der Waals surface area contributed by atoms with Crippen molar-refractivity contribution in [3.63, 3.8) is 0 Å². The number of hydrogen-bond donors (Lipinski definition) is 18. The van der Waals surface area contributed by atoms with Gasteiger partial charge >= 0.3 is 12.1 Å². The van der Waals surface area contributed by atoms with Crippen LogP contribution in [0.25, 0.3) is 21.8 Å². The van der Waals surface area contributed by atoms with Gasteiger partial charge in [-0.2, -0.15) is 0 Å². The summed E-state index contributed by atoms with van der Waals surface area (Å²) in [5, 5.41) is 72.7. The number of amides is 12. The summed E-state index contributed by atoms with van der Waals surface area (Å²) in [6, 6.07) is 10.2. The van der Waals surface area contributed by atoms with Crippen LogP contribution in [0.2, 0.25) is 5.02 Å². The van der Waals surface area contributed by atoms with Gasteiger partial charge in [-0.05, 0) is 132 Å². The van der Waals surface area contributed by atoms with E-state index in [2.05, 4.69) is 63.1 Å². The molecule has 0 saturated carbocycles. The zero-order valence-electron chi connectivity index (χ0n) is 76.1. The van der Waals surface area contributed by atoms with Crippen LogP contribution in [0, 0.1) is 5.92 Å². The number of phenolic OH excluding ortho intramolecular Hbond substituents is 1. The number of epoxide rings is 1. The summed E-state index contributed by atoms with van der Waals surface area (Å²) in [5.41, 5.74) is 14.3. The lowest BCUT2D eigenvalue weighted by Gasteiger charge is -2.42. The molecular formula is C91H121ClN16O22S4. The molecule has 43 heteroatoms. The number of methoxy groups -OCH3 is 2. The molecule has 3 saturated heterocycles. The van der Waals surface area contributed by atoms with E-state index in [1.54, 1.807) is 68.7 Å². The van der Waals surface area contributed by atoms with Crippen molar-refractivity contribution in [2.75, 3.05) is 75.9 Å². The maximum Gasteiger partial charge on any atom is 0.409 e. The Hall–Kier alpha value is -10.6. The summed E-state index contributed by atoms with van der Waals surface area (Å²) < 4.78 is 29.6. The number of halogens is 1. The number of anilines is 1. The number of rotatable bonds is 32. The van der Waals surface area contributed by atoms with Crippen molar-refractivity contribution in [2.45, 2.75) is 214 Å². The van der Waals surface area contributed by atoms with E-state index in [0.29, 0.717) is 51.9 Å². The maximum atomic E-state index is 15.1. The number of aromatic amines is 2. The lowest BCUT2D eigenvalue weighted by Crippen LogP contribution is -2.63. The molecule has 4 bridgehead atoms. The van der Waals surface area contributed by atoms with Crippen molar-refractivity contribution < 1.29 is 106 Å². The number of likely N-dealkylation sites (N-methyl/N-ethyl adjacent to an activating group) is 1. The summed E-state index contributed by atoms with van der Waals surface area (Å²) >= 11 is 6.87. The number of ether oxygens (including phenoxy) is 5. The van der Waals surface area contributed by atoms with Crippen LogP contribution in [0.4, 0.5) is 10.5 Å². The molecule has 2 aromatic heterocycles. The second-order valence-corrected chi connectivity index (χ2v) is 39.5. The number of unbranched alkanes of at least 4 members (excludes halogenated alkanes) is 1. The van der Waals surface area contributed by atoms with Crippen LogP contribution in [0.1, 0.15) is 109 Å². The van der Waals surface area contributed by atoms with Crippen molar-refractivity contribution in [1.82, 2.24) is 68.0 Å². The second kappa shape index (κ2) is 49.2. The van der Waals surface area contributed by atoms with Gasteiger partial charge in [0, 0.05) is 130 Å². The first kappa shape index (κ1) is 105. The molecule has 6 aromatic rings. The van der Waals surface area contributed by atoms with Crippen LogP contribution in [0.3, 0.4) is 0 Å². The van der Waals surface area contributed by atoms with E-state index in [0.717, 1.165) is 43.6 Å². The molecular weight excluding hydrogens is 1830 g/mol. The van der Waals surface area contributed by atoms with Gasteiger partial charge in [-0.1, -0.05) is 134 Å². The number of nitrogens with two attached hydrogens (primary N) is 2. The number of carbonyl (C=O) groups is 13. The Labute approximate surface area is 796 Å². The molecule has 12 amide bonds. The molecule has 3 fully saturated rings. The minimum atomic E-state index is -1.93. The predicted molar refractivity (Wildman–Crippen MR) is 510 cm³/mol. The summed E-state index contributed by atoms with van der Waals surface area (Å²) in [6.07, 6.45) is 0.124. The van der Waals surface area contributed by atoms with Crippen LogP contribution >= 0.6 is 54.8 Å². The van der Waals surface area contributed by atoms with Crippen LogP contribution in [0.15, 0.2) is 121 Å². The topological polar surface area (TPSA) is 563 Å². The van der Waals surface area contributed by atoms with Gasteiger partial charge in [-0.15, -0.1) is 0 Å². The second-order valence-electron chi connectivity index (χ2n) is 33.9. The number of carbonyl (C=O) groups excluding carboxylic acids is 13. The molecule has 4 aliphatic heterocycles. The van der Waals surface area contributed by atoms with Crippen molar-refractivity contribution in [1.29, 1.82) is 0 Å². The maximum absolute atomic E-state index is 15.1. The molecule has 10 rings (SSSR count). The van der Waals surface area contributed by atoms with Crippen molar-refractivity contribution in [2.24, 2.45) is 17.4 Å². The lowest BCUT2D eigenvalue weighted by molar-refractivity contribution is -0.162. The van der Waals surface area contributed by atoms with Crippen LogP contribution in [-0.2, 0) is 102 Å². The Morgan fingerprint density at radius 3 is 2.07 bits per heavy atom. The van der Waals surface area contributed by atoms with Gasteiger partial charge < -0.3 is 123 Å². The average Bonchev–Trinajstić information content (AvgIpc) is 1.55. The number of esters is 1. The molecule has 4 aromatic carbocycles.